The van der Waals surface area contributed by atoms with Crippen molar-refractivity contribution < 1.29 is 4.74 Å². The van der Waals surface area contributed by atoms with Crippen molar-refractivity contribution >= 4 is 38.8 Å². The smallest absolute Gasteiger partial charge is 0.130 e. The quantitative estimate of drug-likeness (QED) is 0.172. The van der Waals surface area contributed by atoms with Crippen molar-refractivity contribution in [2.75, 3.05) is 0 Å². The van der Waals surface area contributed by atoms with Crippen LogP contribution >= 0.6 is 0 Å². The van der Waals surface area contributed by atoms with Gasteiger partial charge in [0.05, 0.1) is 33.5 Å². The topological polar surface area (TPSA) is 19.1 Å². The number of fused-ring (bicyclic) bond motifs is 9. The van der Waals surface area contributed by atoms with Crippen molar-refractivity contribution in [1.29, 1.82) is 0 Å². The Morgan fingerprint density at radius 3 is 2.09 bits per heavy atom. The Kier molecular flexibility index (Phi) is 7.33. The number of rotatable bonds is 5. The lowest BCUT2D eigenvalue weighted by Crippen LogP contribution is -2.10. The molecule has 0 N–H and O–H groups in total. The van der Waals surface area contributed by atoms with E-state index >= 15 is 0 Å². The minimum absolute atomic E-state index is 0.548. The molecule has 3 heterocycles. The number of nitrogens with zero attached hydrogens (tertiary/aromatic N) is 2. The van der Waals surface area contributed by atoms with Crippen molar-refractivity contribution in [2.24, 2.45) is 0 Å². The van der Waals surface area contributed by atoms with Crippen molar-refractivity contribution in [1.82, 2.24) is 9.13 Å². The van der Waals surface area contributed by atoms with Crippen LogP contribution < -0.4 is 4.74 Å². The van der Waals surface area contributed by atoms with E-state index in [2.05, 4.69) is 197 Å². The Morgan fingerprint density at radius 1 is 0.517 bits per heavy atom. The van der Waals surface area contributed by atoms with Gasteiger partial charge in [-0.3, -0.25) is 0 Å². The van der Waals surface area contributed by atoms with Crippen molar-refractivity contribution in [3.8, 4) is 61.6 Å². The van der Waals surface area contributed by atoms with Gasteiger partial charge in [-0.1, -0.05) is 133 Å². The average Bonchev–Trinajstić information content (AvgIpc) is 3.81. The molecule has 3 heteroatoms. The molecule has 1 aliphatic carbocycles. The predicted octanol–water partition coefficient (Wildman–Crippen LogP) is 13.8. The fourth-order valence-electron chi connectivity index (χ4n) is 9.47. The number of aromatic nitrogens is 2. The Morgan fingerprint density at radius 2 is 1.21 bits per heavy atom. The monoisotopic (exact) mass is 740 g/mol. The van der Waals surface area contributed by atoms with Crippen LogP contribution in [0.4, 0.5) is 0 Å². The Bertz CT molecular complexity index is 3270. The van der Waals surface area contributed by atoms with Gasteiger partial charge >= 0.3 is 0 Å². The molecule has 272 valence electrons. The van der Waals surface area contributed by atoms with Crippen molar-refractivity contribution in [3.05, 3.63) is 205 Å². The largest absolute Gasteiger partial charge is 0.488 e. The number of para-hydroxylation sites is 2. The maximum Gasteiger partial charge on any atom is 0.130 e. The number of hydrogen-bond acceptors (Lipinski definition) is 1. The summed E-state index contributed by atoms with van der Waals surface area (Å²) in [7, 11) is 0. The van der Waals surface area contributed by atoms with Crippen LogP contribution in [0.1, 0.15) is 23.2 Å². The van der Waals surface area contributed by atoms with Crippen LogP contribution in [-0.4, -0.2) is 9.13 Å². The highest BCUT2D eigenvalue weighted by Crippen LogP contribution is 2.45. The third kappa shape index (κ3) is 5.02. The summed E-state index contributed by atoms with van der Waals surface area (Å²) in [6, 6.07) is 68.2. The molecular weight excluding hydrogens is 705 g/mol. The summed E-state index contributed by atoms with van der Waals surface area (Å²) < 4.78 is 11.2. The van der Waals surface area contributed by atoms with Crippen molar-refractivity contribution in [2.45, 2.75) is 19.4 Å². The molecule has 10 aromatic rings. The van der Waals surface area contributed by atoms with Gasteiger partial charge in [-0.05, 0) is 101 Å². The van der Waals surface area contributed by atoms with Crippen LogP contribution in [0.25, 0.3) is 94.7 Å². The van der Waals surface area contributed by atoms with Crippen molar-refractivity contribution in [3.63, 3.8) is 0 Å². The normalized spacial score (nSPS) is 12.9. The lowest BCUT2D eigenvalue weighted by Gasteiger charge is -2.24. The standard InChI is InChI=1S/C55H36N2O/c1-2-13-36(14-3-1)37-25-27-38(28-26-37)42-16-6-9-20-48(42)56-49-21-10-7-18-44(49)46-33-39(29-31-51(46)56)40-30-32-52-47(34-40)45-19-8-11-22-50(45)57(52)53-23-12-24-54-55(53)43-17-5-4-15-41(43)35-58-54/h1-4,6-10,12-16,18-21,23-34H,11,22,35H2. The molecule has 0 radical (unpaired) electrons. The van der Waals surface area contributed by atoms with Gasteiger partial charge in [0.2, 0.25) is 0 Å². The Labute approximate surface area is 337 Å². The first-order valence-corrected chi connectivity index (χ1v) is 20.1. The third-order valence-corrected chi connectivity index (χ3v) is 12.2. The SMILES string of the molecule is c1ccc2c(c#1)-c1c(cccc1-n1c3c(c4cc(-c5ccc6c(c5)c5ccccc5n6-c5ccccc5-c5ccc(-c6ccccc6)cc5)ccc41)C=CCC3)OC2. The van der Waals surface area contributed by atoms with E-state index in [4.69, 9.17) is 4.74 Å². The van der Waals surface area contributed by atoms with Crippen LogP contribution in [0.15, 0.2) is 176 Å². The highest BCUT2D eigenvalue weighted by molar-refractivity contribution is 6.11. The summed E-state index contributed by atoms with van der Waals surface area (Å²) in [5.41, 5.74) is 19.1. The van der Waals surface area contributed by atoms with Gasteiger partial charge in [-0.25, -0.2) is 0 Å². The van der Waals surface area contributed by atoms with Gasteiger partial charge in [-0.15, -0.1) is 0 Å². The van der Waals surface area contributed by atoms with E-state index in [9.17, 15) is 0 Å². The van der Waals surface area contributed by atoms with Gasteiger partial charge in [0.15, 0.2) is 0 Å². The second-order valence-corrected chi connectivity index (χ2v) is 15.4. The van der Waals surface area contributed by atoms with Crippen LogP contribution in [0, 0.1) is 12.1 Å². The molecule has 12 rings (SSSR count). The molecule has 3 nitrogen and oxygen atoms in total. The Balaban J connectivity index is 0.994. The highest BCUT2D eigenvalue weighted by atomic mass is 16.5. The van der Waals surface area contributed by atoms with E-state index in [0.29, 0.717) is 6.61 Å². The molecule has 1 aliphatic heterocycles. The fourth-order valence-corrected chi connectivity index (χ4v) is 9.47. The number of benzene rings is 7. The van der Waals surface area contributed by atoms with Gasteiger partial charge < -0.3 is 13.9 Å². The Hall–Kier alpha value is -7.54. The van der Waals surface area contributed by atoms with E-state index in [1.54, 1.807) is 0 Å². The van der Waals surface area contributed by atoms with E-state index in [0.717, 1.165) is 41.0 Å². The molecule has 0 spiro atoms. The summed E-state index contributed by atoms with van der Waals surface area (Å²) in [4.78, 5) is 0. The van der Waals surface area contributed by atoms with E-state index in [1.807, 2.05) is 6.07 Å². The van der Waals surface area contributed by atoms with Crippen LogP contribution in [-0.2, 0) is 13.0 Å². The number of ether oxygens (including phenoxy) is 1. The minimum Gasteiger partial charge on any atom is -0.488 e. The predicted molar refractivity (Wildman–Crippen MR) is 239 cm³/mol. The molecule has 0 saturated carbocycles. The maximum atomic E-state index is 6.30. The second-order valence-electron chi connectivity index (χ2n) is 15.4. The van der Waals surface area contributed by atoms with Crippen LogP contribution in [0.2, 0.25) is 0 Å². The zero-order valence-corrected chi connectivity index (χ0v) is 31.7. The summed E-state index contributed by atoms with van der Waals surface area (Å²) >= 11 is 0. The first-order chi connectivity index (χ1) is 28.8. The fraction of sp³-hybridized carbons (Fsp3) is 0.0545. The molecule has 0 saturated heterocycles. The summed E-state index contributed by atoms with van der Waals surface area (Å²) in [6.45, 7) is 0.548. The van der Waals surface area contributed by atoms with Gasteiger partial charge in [0.1, 0.15) is 12.4 Å². The van der Waals surface area contributed by atoms with E-state index in [-0.39, 0.29) is 0 Å². The van der Waals surface area contributed by atoms with E-state index in [1.165, 1.54) is 83.0 Å². The van der Waals surface area contributed by atoms with Gasteiger partial charge in [0.25, 0.3) is 0 Å². The maximum absolute atomic E-state index is 6.30. The minimum atomic E-state index is 0.548. The zero-order valence-electron chi connectivity index (χ0n) is 31.7. The average molecular weight is 741 g/mol. The summed E-state index contributed by atoms with van der Waals surface area (Å²) in [5, 5.41) is 3.74. The second kappa shape index (κ2) is 13.0. The molecule has 0 amide bonds. The zero-order chi connectivity index (χ0) is 38.2. The first-order valence-electron chi connectivity index (χ1n) is 20.1. The van der Waals surface area contributed by atoms with E-state index < -0.39 is 0 Å². The highest BCUT2D eigenvalue weighted by Gasteiger charge is 2.26. The lowest BCUT2D eigenvalue weighted by molar-refractivity contribution is 0.302. The molecule has 0 atom stereocenters. The number of hydrogen-bond donors (Lipinski definition) is 0. The molecule has 0 bridgehead atoms. The van der Waals surface area contributed by atoms with Gasteiger partial charge in [0, 0.05) is 44.1 Å². The molecular formula is C55H36N2O. The molecule has 8 aromatic carbocycles. The van der Waals surface area contributed by atoms with Crippen LogP contribution in [0.3, 0.4) is 0 Å². The third-order valence-electron chi connectivity index (χ3n) is 12.2. The number of allylic oxidation sites excluding steroid dienone is 1. The molecule has 2 aromatic heterocycles. The lowest BCUT2D eigenvalue weighted by atomic mass is 9.96. The first kappa shape index (κ1) is 32.7. The molecule has 2 aliphatic rings. The molecule has 0 fully saturated rings. The van der Waals surface area contributed by atoms with Gasteiger partial charge in [-0.2, -0.15) is 0 Å². The summed E-state index contributed by atoms with van der Waals surface area (Å²) in [5.74, 6) is 0.899. The summed E-state index contributed by atoms with van der Waals surface area (Å²) in [6.07, 6.45) is 6.63. The molecule has 58 heavy (non-hydrogen) atoms. The van der Waals surface area contributed by atoms with Crippen LogP contribution in [0.5, 0.6) is 5.75 Å². The molecule has 0 unspecified atom stereocenters.